The predicted molar refractivity (Wildman–Crippen MR) is 66.1 cm³/mol. The van der Waals surface area contributed by atoms with Gasteiger partial charge in [0, 0.05) is 31.2 Å². The lowest BCUT2D eigenvalue weighted by Crippen LogP contribution is -2.29. The molecule has 0 aromatic heterocycles. The Morgan fingerprint density at radius 1 is 1.38 bits per heavy atom. The standard InChI is InChI=1S/C13H17N3/c14-13-7-10(8-15-13)9-16-6-5-11-3-1-2-4-12(11)16/h1-4,7,10,15H,5-6,8-9,14H2/t10-/m0/s1. The molecule has 2 aliphatic heterocycles. The first-order valence-electron chi connectivity index (χ1n) is 5.87. The van der Waals surface area contributed by atoms with Gasteiger partial charge < -0.3 is 16.0 Å². The van der Waals surface area contributed by atoms with Crippen molar-refractivity contribution in [3.05, 3.63) is 41.7 Å². The Kier molecular flexibility index (Phi) is 2.24. The summed E-state index contributed by atoms with van der Waals surface area (Å²) in [4.78, 5) is 2.47. The number of nitrogens with one attached hydrogen (secondary N) is 1. The first-order valence-corrected chi connectivity index (χ1v) is 5.87. The molecular formula is C13H17N3. The summed E-state index contributed by atoms with van der Waals surface area (Å²) in [5, 5.41) is 3.18. The normalized spacial score (nSPS) is 22.9. The van der Waals surface area contributed by atoms with E-state index >= 15 is 0 Å². The van der Waals surface area contributed by atoms with Crippen molar-refractivity contribution in [1.82, 2.24) is 5.32 Å². The van der Waals surface area contributed by atoms with Gasteiger partial charge in [-0.15, -0.1) is 0 Å². The maximum Gasteiger partial charge on any atom is 0.0923 e. The summed E-state index contributed by atoms with van der Waals surface area (Å²) in [6, 6.07) is 8.69. The van der Waals surface area contributed by atoms with Gasteiger partial charge in [0.15, 0.2) is 0 Å². The third-order valence-electron chi connectivity index (χ3n) is 3.42. The van der Waals surface area contributed by atoms with Gasteiger partial charge in [0.05, 0.1) is 5.82 Å². The molecule has 0 aliphatic carbocycles. The fraction of sp³-hybridized carbons (Fsp3) is 0.385. The summed E-state index contributed by atoms with van der Waals surface area (Å²) in [6.07, 6.45) is 3.32. The molecule has 2 heterocycles. The van der Waals surface area contributed by atoms with E-state index < -0.39 is 0 Å². The molecule has 0 fully saturated rings. The number of fused-ring (bicyclic) bond motifs is 1. The second-order valence-electron chi connectivity index (χ2n) is 4.59. The Bertz CT molecular complexity index is 425. The summed E-state index contributed by atoms with van der Waals surface area (Å²) in [7, 11) is 0. The number of benzene rings is 1. The Hall–Kier alpha value is -1.64. The van der Waals surface area contributed by atoms with Crippen LogP contribution < -0.4 is 16.0 Å². The lowest BCUT2D eigenvalue weighted by molar-refractivity contribution is 0.627. The highest BCUT2D eigenvalue weighted by atomic mass is 15.2. The third-order valence-corrected chi connectivity index (χ3v) is 3.42. The van der Waals surface area contributed by atoms with Crippen LogP contribution in [0.25, 0.3) is 0 Å². The minimum Gasteiger partial charge on any atom is -0.386 e. The minimum atomic E-state index is 0.547. The number of nitrogens with zero attached hydrogens (tertiary/aromatic N) is 1. The minimum absolute atomic E-state index is 0.547. The molecule has 3 heteroatoms. The van der Waals surface area contributed by atoms with E-state index in [4.69, 9.17) is 5.73 Å². The van der Waals surface area contributed by atoms with Crippen LogP contribution in [0.5, 0.6) is 0 Å². The molecule has 0 radical (unpaired) electrons. The second kappa shape index (κ2) is 3.74. The van der Waals surface area contributed by atoms with Crippen LogP contribution in [0.3, 0.4) is 0 Å². The highest BCUT2D eigenvalue weighted by molar-refractivity contribution is 5.57. The van der Waals surface area contributed by atoms with Crippen molar-refractivity contribution >= 4 is 5.69 Å². The monoisotopic (exact) mass is 215 g/mol. The molecule has 3 nitrogen and oxygen atoms in total. The van der Waals surface area contributed by atoms with Gasteiger partial charge >= 0.3 is 0 Å². The molecule has 0 saturated heterocycles. The molecule has 0 saturated carbocycles. The number of hydrogen-bond acceptors (Lipinski definition) is 3. The zero-order chi connectivity index (χ0) is 11.0. The largest absolute Gasteiger partial charge is 0.386 e. The van der Waals surface area contributed by atoms with Crippen LogP contribution in [0.15, 0.2) is 36.2 Å². The summed E-state index contributed by atoms with van der Waals surface area (Å²) in [6.45, 7) is 3.19. The maximum atomic E-state index is 5.73. The van der Waals surface area contributed by atoms with Gasteiger partial charge in [-0.2, -0.15) is 0 Å². The molecule has 3 N–H and O–H groups in total. The van der Waals surface area contributed by atoms with Crippen molar-refractivity contribution in [2.24, 2.45) is 11.7 Å². The molecular weight excluding hydrogens is 198 g/mol. The van der Waals surface area contributed by atoms with Crippen LogP contribution in [-0.2, 0) is 6.42 Å². The van der Waals surface area contributed by atoms with Crippen molar-refractivity contribution in [3.8, 4) is 0 Å². The van der Waals surface area contributed by atoms with Gasteiger partial charge in [0.25, 0.3) is 0 Å². The average Bonchev–Trinajstić information content (AvgIpc) is 2.87. The second-order valence-corrected chi connectivity index (χ2v) is 4.59. The van der Waals surface area contributed by atoms with Gasteiger partial charge in [0.2, 0.25) is 0 Å². The Labute approximate surface area is 95.9 Å². The van der Waals surface area contributed by atoms with E-state index in [1.165, 1.54) is 17.7 Å². The Balaban J connectivity index is 1.74. The van der Waals surface area contributed by atoms with Crippen LogP contribution in [0, 0.1) is 5.92 Å². The van der Waals surface area contributed by atoms with E-state index in [1.54, 1.807) is 0 Å². The van der Waals surface area contributed by atoms with Crippen LogP contribution in [0.2, 0.25) is 0 Å². The summed E-state index contributed by atoms with van der Waals surface area (Å²) >= 11 is 0. The van der Waals surface area contributed by atoms with Gasteiger partial charge in [-0.3, -0.25) is 0 Å². The quantitative estimate of drug-likeness (QED) is 0.775. The van der Waals surface area contributed by atoms with Crippen LogP contribution in [-0.4, -0.2) is 19.6 Å². The summed E-state index contributed by atoms with van der Waals surface area (Å²) in [5.41, 5.74) is 8.61. The summed E-state index contributed by atoms with van der Waals surface area (Å²) < 4.78 is 0. The Morgan fingerprint density at radius 2 is 2.25 bits per heavy atom. The van der Waals surface area contributed by atoms with E-state index in [0.29, 0.717) is 5.92 Å². The van der Waals surface area contributed by atoms with Crippen LogP contribution >= 0.6 is 0 Å². The smallest absolute Gasteiger partial charge is 0.0923 e. The third kappa shape index (κ3) is 1.62. The van der Waals surface area contributed by atoms with E-state index in [-0.39, 0.29) is 0 Å². The van der Waals surface area contributed by atoms with Gasteiger partial charge in [-0.1, -0.05) is 18.2 Å². The molecule has 3 rings (SSSR count). The SMILES string of the molecule is NC1=C[C@H](CN2CCc3ccccc32)CN1. The molecule has 0 bridgehead atoms. The molecule has 2 aliphatic rings. The van der Waals surface area contributed by atoms with Crippen molar-refractivity contribution in [1.29, 1.82) is 0 Å². The fourth-order valence-electron chi connectivity index (χ4n) is 2.62. The molecule has 1 aromatic carbocycles. The highest BCUT2D eigenvalue weighted by Gasteiger charge is 2.22. The molecule has 0 amide bonds. The number of para-hydroxylation sites is 1. The number of nitrogens with two attached hydrogens (primary N) is 1. The van der Waals surface area contributed by atoms with E-state index in [1.807, 2.05) is 0 Å². The Morgan fingerprint density at radius 3 is 3.06 bits per heavy atom. The van der Waals surface area contributed by atoms with E-state index in [2.05, 4.69) is 40.6 Å². The van der Waals surface area contributed by atoms with Crippen LogP contribution in [0.4, 0.5) is 5.69 Å². The first-order chi connectivity index (χ1) is 7.83. The number of rotatable bonds is 2. The lowest BCUT2D eigenvalue weighted by Gasteiger charge is -2.22. The maximum absolute atomic E-state index is 5.73. The fourth-order valence-corrected chi connectivity index (χ4v) is 2.62. The zero-order valence-electron chi connectivity index (χ0n) is 9.32. The number of hydrogen-bond donors (Lipinski definition) is 2. The van der Waals surface area contributed by atoms with Crippen molar-refractivity contribution in [2.45, 2.75) is 6.42 Å². The van der Waals surface area contributed by atoms with Crippen molar-refractivity contribution in [3.63, 3.8) is 0 Å². The van der Waals surface area contributed by atoms with E-state index in [0.717, 1.165) is 25.5 Å². The first kappa shape index (κ1) is 9.58. The van der Waals surface area contributed by atoms with Crippen molar-refractivity contribution < 1.29 is 0 Å². The van der Waals surface area contributed by atoms with Crippen LogP contribution in [0.1, 0.15) is 5.56 Å². The zero-order valence-corrected chi connectivity index (χ0v) is 9.32. The molecule has 1 atom stereocenters. The molecule has 16 heavy (non-hydrogen) atoms. The molecule has 0 unspecified atom stereocenters. The lowest BCUT2D eigenvalue weighted by atomic mass is 10.1. The summed E-state index contributed by atoms with van der Waals surface area (Å²) in [5.74, 6) is 1.38. The van der Waals surface area contributed by atoms with Gasteiger partial charge in [-0.05, 0) is 24.1 Å². The average molecular weight is 215 g/mol. The van der Waals surface area contributed by atoms with E-state index in [9.17, 15) is 0 Å². The molecule has 84 valence electrons. The predicted octanol–water partition coefficient (Wildman–Crippen LogP) is 1.07. The van der Waals surface area contributed by atoms with Gasteiger partial charge in [-0.25, -0.2) is 0 Å². The topological polar surface area (TPSA) is 41.3 Å². The highest BCUT2D eigenvalue weighted by Crippen LogP contribution is 2.28. The molecule has 1 aromatic rings. The van der Waals surface area contributed by atoms with Gasteiger partial charge in [0.1, 0.15) is 0 Å². The van der Waals surface area contributed by atoms with Crippen molar-refractivity contribution in [2.75, 3.05) is 24.5 Å². The molecule has 0 spiro atoms. The number of anilines is 1.